The van der Waals surface area contributed by atoms with Gasteiger partial charge in [-0.05, 0) is 19.1 Å². The third-order valence-electron chi connectivity index (χ3n) is 2.84. The van der Waals surface area contributed by atoms with Crippen molar-refractivity contribution in [1.29, 1.82) is 0 Å². The summed E-state index contributed by atoms with van der Waals surface area (Å²) < 4.78 is 14.9. The molecule has 2 aromatic rings. The molecule has 1 N–H and O–H groups in total. The summed E-state index contributed by atoms with van der Waals surface area (Å²) in [6.07, 6.45) is 0.546. The minimum Gasteiger partial charge on any atom is -0.386 e. The van der Waals surface area contributed by atoms with Crippen molar-refractivity contribution in [1.82, 2.24) is 4.57 Å². The van der Waals surface area contributed by atoms with E-state index >= 15 is 0 Å². The Labute approximate surface area is 104 Å². The van der Waals surface area contributed by atoms with Gasteiger partial charge in [-0.2, -0.15) is 0 Å². The lowest BCUT2D eigenvalue weighted by molar-refractivity contribution is 0.150. The number of aromatic nitrogens is 1. The maximum Gasteiger partial charge on any atom is 0.253 e. The summed E-state index contributed by atoms with van der Waals surface area (Å²) in [6, 6.07) is 9.45. The Kier molecular flexibility index (Phi) is 3.58. The van der Waals surface area contributed by atoms with Crippen LogP contribution in [-0.4, -0.2) is 9.67 Å². The van der Waals surface area contributed by atoms with Crippen LogP contribution in [0.1, 0.15) is 17.2 Å². The minimum absolute atomic E-state index is 0.0431. The fourth-order valence-electron chi connectivity index (χ4n) is 1.83. The second-order valence-electron chi connectivity index (χ2n) is 4.19. The quantitative estimate of drug-likeness (QED) is 0.901. The van der Waals surface area contributed by atoms with Crippen LogP contribution in [0.2, 0.25) is 0 Å². The number of halogens is 1. The van der Waals surface area contributed by atoms with E-state index < -0.39 is 11.9 Å². The number of rotatable bonds is 3. The number of pyridine rings is 1. The third-order valence-corrected chi connectivity index (χ3v) is 2.84. The number of aliphatic hydroxyl groups is 1. The summed E-state index contributed by atoms with van der Waals surface area (Å²) in [5, 5.41) is 9.97. The van der Waals surface area contributed by atoms with Gasteiger partial charge in [-0.1, -0.05) is 24.3 Å². The highest BCUT2D eigenvalue weighted by molar-refractivity contribution is 5.20. The molecule has 94 valence electrons. The normalized spacial score (nSPS) is 12.4. The molecule has 0 spiro atoms. The zero-order valence-corrected chi connectivity index (χ0v) is 10.0. The lowest BCUT2D eigenvalue weighted by atomic mass is 10.1. The molecule has 1 aromatic heterocycles. The molecular weight excluding hydrogens is 233 g/mol. The Morgan fingerprint density at radius 1 is 1.28 bits per heavy atom. The second kappa shape index (κ2) is 5.14. The van der Waals surface area contributed by atoms with Gasteiger partial charge in [0, 0.05) is 17.3 Å². The molecule has 0 aliphatic heterocycles. The molecule has 0 saturated carbocycles. The van der Waals surface area contributed by atoms with Gasteiger partial charge < -0.3 is 9.67 Å². The molecule has 0 aliphatic carbocycles. The Morgan fingerprint density at radius 3 is 2.72 bits per heavy atom. The summed E-state index contributed by atoms with van der Waals surface area (Å²) in [6.45, 7) is 1.75. The van der Waals surface area contributed by atoms with Gasteiger partial charge >= 0.3 is 0 Å². The molecule has 4 heteroatoms. The largest absolute Gasteiger partial charge is 0.386 e. The van der Waals surface area contributed by atoms with Gasteiger partial charge in [0.15, 0.2) is 0 Å². The maximum atomic E-state index is 13.5. The van der Waals surface area contributed by atoms with Crippen molar-refractivity contribution in [2.45, 2.75) is 19.6 Å². The molecule has 1 atom stereocenters. The molecule has 0 saturated heterocycles. The summed E-state index contributed by atoms with van der Waals surface area (Å²) >= 11 is 0. The zero-order valence-electron chi connectivity index (χ0n) is 10.0. The molecule has 0 fully saturated rings. The first kappa shape index (κ1) is 12.5. The number of hydrogen-bond donors (Lipinski definition) is 1. The average Bonchev–Trinajstić information content (AvgIpc) is 2.35. The van der Waals surface area contributed by atoms with E-state index in [1.165, 1.54) is 16.7 Å². The lowest BCUT2D eigenvalue weighted by Gasteiger charge is -2.14. The Morgan fingerprint density at radius 2 is 2.00 bits per heavy atom. The van der Waals surface area contributed by atoms with Gasteiger partial charge in [0.2, 0.25) is 0 Å². The van der Waals surface area contributed by atoms with Crippen molar-refractivity contribution < 1.29 is 9.50 Å². The van der Waals surface area contributed by atoms with Crippen LogP contribution in [0.15, 0.2) is 47.4 Å². The highest BCUT2D eigenvalue weighted by Crippen LogP contribution is 2.17. The van der Waals surface area contributed by atoms with E-state index in [2.05, 4.69) is 0 Å². The van der Waals surface area contributed by atoms with Crippen LogP contribution >= 0.6 is 0 Å². The van der Waals surface area contributed by atoms with E-state index in [0.29, 0.717) is 5.56 Å². The van der Waals surface area contributed by atoms with Crippen molar-refractivity contribution in [2.75, 3.05) is 0 Å². The molecular formula is C14H14FNO2. The summed E-state index contributed by atoms with van der Waals surface area (Å²) in [5.74, 6) is -0.467. The van der Waals surface area contributed by atoms with Crippen LogP contribution in [0, 0.1) is 12.7 Å². The smallest absolute Gasteiger partial charge is 0.253 e. The molecule has 1 heterocycles. The van der Waals surface area contributed by atoms with Crippen molar-refractivity contribution >= 4 is 0 Å². The van der Waals surface area contributed by atoms with Gasteiger partial charge in [0.05, 0.1) is 12.6 Å². The maximum absolute atomic E-state index is 13.5. The van der Waals surface area contributed by atoms with Gasteiger partial charge in [-0.15, -0.1) is 0 Å². The average molecular weight is 247 g/mol. The molecule has 1 unspecified atom stereocenters. The van der Waals surface area contributed by atoms with Gasteiger partial charge in [-0.3, -0.25) is 4.79 Å². The van der Waals surface area contributed by atoms with Crippen LogP contribution < -0.4 is 5.56 Å². The van der Waals surface area contributed by atoms with Crippen LogP contribution in [0.3, 0.4) is 0 Å². The van der Waals surface area contributed by atoms with E-state index in [1.54, 1.807) is 37.4 Å². The predicted molar refractivity (Wildman–Crippen MR) is 66.8 cm³/mol. The molecule has 0 radical (unpaired) electrons. The van der Waals surface area contributed by atoms with Crippen molar-refractivity contribution in [3.8, 4) is 0 Å². The van der Waals surface area contributed by atoms with E-state index in [4.69, 9.17) is 0 Å². The third kappa shape index (κ3) is 2.49. The molecule has 2 rings (SSSR count). The predicted octanol–water partition coefficient (Wildman–Crippen LogP) is 2.03. The van der Waals surface area contributed by atoms with E-state index in [-0.39, 0.29) is 17.7 Å². The number of aliphatic hydroxyl groups excluding tert-OH is 1. The van der Waals surface area contributed by atoms with Crippen molar-refractivity contribution in [2.24, 2.45) is 0 Å². The number of hydrogen-bond acceptors (Lipinski definition) is 2. The molecule has 0 aliphatic rings. The minimum atomic E-state index is -1.04. The van der Waals surface area contributed by atoms with E-state index in [9.17, 15) is 14.3 Å². The van der Waals surface area contributed by atoms with Crippen molar-refractivity contribution in [3.05, 3.63) is 69.9 Å². The van der Waals surface area contributed by atoms with Crippen molar-refractivity contribution in [3.63, 3.8) is 0 Å². The Bertz CT molecular complexity index is 607. The molecule has 18 heavy (non-hydrogen) atoms. The highest BCUT2D eigenvalue weighted by atomic mass is 19.1. The number of aryl methyl sites for hydroxylation is 1. The first-order valence-electron chi connectivity index (χ1n) is 5.68. The number of nitrogens with zero attached hydrogens (tertiary/aromatic N) is 1. The van der Waals surface area contributed by atoms with Crippen LogP contribution in [0.5, 0.6) is 0 Å². The second-order valence-corrected chi connectivity index (χ2v) is 4.19. The Balaban J connectivity index is 2.27. The molecule has 0 amide bonds. The topological polar surface area (TPSA) is 42.2 Å². The highest BCUT2D eigenvalue weighted by Gasteiger charge is 2.13. The van der Waals surface area contributed by atoms with E-state index in [1.807, 2.05) is 0 Å². The SMILES string of the molecule is Cc1cccn(CC(O)c2ccccc2F)c1=O. The Hall–Kier alpha value is -1.94. The first-order chi connectivity index (χ1) is 8.59. The summed E-state index contributed by atoms with van der Waals surface area (Å²) in [4.78, 5) is 11.8. The van der Waals surface area contributed by atoms with Crippen LogP contribution in [0.4, 0.5) is 4.39 Å². The zero-order chi connectivity index (χ0) is 13.1. The first-order valence-corrected chi connectivity index (χ1v) is 5.68. The van der Waals surface area contributed by atoms with E-state index in [0.717, 1.165) is 0 Å². The molecule has 3 nitrogen and oxygen atoms in total. The standard InChI is InChI=1S/C14H14FNO2/c1-10-5-4-8-16(14(10)18)9-13(17)11-6-2-3-7-12(11)15/h2-8,13,17H,9H2,1H3. The van der Waals surface area contributed by atoms with Gasteiger partial charge in [0.1, 0.15) is 5.82 Å². The fourth-order valence-corrected chi connectivity index (χ4v) is 1.83. The monoisotopic (exact) mass is 247 g/mol. The fraction of sp³-hybridized carbons (Fsp3) is 0.214. The lowest BCUT2D eigenvalue weighted by Crippen LogP contribution is -2.24. The van der Waals surface area contributed by atoms with Crippen LogP contribution in [0.25, 0.3) is 0 Å². The number of benzene rings is 1. The van der Waals surface area contributed by atoms with Crippen LogP contribution in [-0.2, 0) is 6.54 Å². The summed E-state index contributed by atoms with van der Waals surface area (Å²) in [7, 11) is 0. The van der Waals surface area contributed by atoms with Gasteiger partial charge in [-0.25, -0.2) is 4.39 Å². The van der Waals surface area contributed by atoms with Gasteiger partial charge in [0.25, 0.3) is 5.56 Å². The summed E-state index contributed by atoms with van der Waals surface area (Å²) in [5.41, 5.74) is 0.622. The molecule has 1 aromatic carbocycles. The molecule has 0 bridgehead atoms.